The Hall–Kier alpha value is -1.56. The van der Waals surface area contributed by atoms with Crippen molar-refractivity contribution in [1.82, 2.24) is 19.5 Å². The molecule has 2 aromatic rings. The Morgan fingerprint density at radius 2 is 2.19 bits per heavy atom. The fraction of sp³-hybridized carbons (Fsp3) is 0.300. The van der Waals surface area contributed by atoms with Crippen molar-refractivity contribution in [2.75, 3.05) is 12.4 Å². The summed E-state index contributed by atoms with van der Waals surface area (Å²) in [4.78, 5) is 12.8. The lowest BCUT2D eigenvalue weighted by Gasteiger charge is -2.04. The Kier molecular flexibility index (Phi) is 3.09. The molecule has 1 N–H and O–H groups in total. The van der Waals surface area contributed by atoms with E-state index in [9.17, 15) is 0 Å². The second-order valence-electron chi connectivity index (χ2n) is 3.34. The van der Waals surface area contributed by atoms with Crippen molar-refractivity contribution in [3.05, 3.63) is 24.2 Å². The number of aryl methyl sites for hydroxylation is 2. The second kappa shape index (κ2) is 4.52. The van der Waals surface area contributed by atoms with Gasteiger partial charge in [0, 0.05) is 32.2 Å². The van der Waals surface area contributed by atoms with Gasteiger partial charge in [0.15, 0.2) is 5.16 Å². The number of aromatic nitrogens is 4. The summed E-state index contributed by atoms with van der Waals surface area (Å²) in [5, 5.41) is 4.75. The van der Waals surface area contributed by atoms with Crippen LogP contribution < -0.4 is 5.32 Å². The minimum atomic E-state index is 0.636. The van der Waals surface area contributed by atoms with Gasteiger partial charge in [0.25, 0.3) is 0 Å². The summed E-state index contributed by atoms with van der Waals surface area (Å²) in [5.74, 6) is 0.636. The van der Waals surface area contributed by atoms with Crippen LogP contribution in [0.1, 0.15) is 5.69 Å². The summed E-state index contributed by atoms with van der Waals surface area (Å²) < 4.78 is 1.96. The molecule has 0 unspecified atom stereocenters. The van der Waals surface area contributed by atoms with Gasteiger partial charge in [-0.2, -0.15) is 0 Å². The molecule has 6 heteroatoms. The molecule has 0 spiro atoms. The van der Waals surface area contributed by atoms with E-state index in [-0.39, 0.29) is 0 Å². The number of anilines is 1. The number of nitrogens with one attached hydrogen (secondary N) is 1. The van der Waals surface area contributed by atoms with E-state index in [4.69, 9.17) is 0 Å². The molecule has 2 aromatic heterocycles. The first-order chi connectivity index (χ1) is 7.69. The smallest absolute Gasteiger partial charge is 0.223 e. The molecular formula is C10H13N5S. The molecule has 0 atom stereocenters. The molecule has 0 aromatic carbocycles. The van der Waals surface area contributed by atoms with Gasteiger partial charge in [-0.3, -0.25) is 0 Å². The van der Waals surface area contributed by atoms with Crippen LogP contribution in [0.15, 0.2) is 28.6 Å². The average molecular weight is 235 g/mol. The zero-order valence-electron chi connectivity index (χ0n) is 9.43. The summed E-state index contributed by atoms with van der Waals surface area (Å²) in [6.45, 7) is 1.95. The Balaban J connectivity index is 2.28. The highest BCUT2D eigenvalue weighted by molar-refractivity contribution is 7.99. The molecule has 0 aliphatic rings. The van der Waals surface area contributed by atoms with E-state index in [1.54, 1.807) is 6.20 Å². The first kappa shape index (κ1) is 10.9. The fourth-order valence-electron chi connectivity index (χ4n) is 1.25. The molecule has 0 aliphatic carbocycles. The Labute approximate surface area is 98.3 Å². The molecule has 16 heavy (non-hydrogen) atoms. The van der Waals surface area contributed by atoms with E-state index in [2.05, 4.69) is 20.3 Å². The van der Waals surface area contributed by atoms with E-state index in [1.807, 2.05) is 37.8 Å². The van der Waals surface area contributed by atoms with Crippen LogP contribution >= 0.6 is 11.8 Å². The third-order valence-corrected chi connectivity index (χ3v) is 3.02. The standard InChI is InChI=1S/C10H13N5S/c1-7-6-8(14-9(11-2)13-7)16-10-12-4-5-15(10)3/h4-6H,1-3H3,(H,11,13,14). The van der Waals surface area contributed by atoms with Gasteiger partial charge in [0.05, 0.1) is 0 Å². The molecule has 0 saturated carbocycles. The van der Waals surface area contributed by atoms with Crippen molar-refractivity contribution < 1.29 is 0 Å². The van der Waals surface area contributed by atoms with Gasteiger partial charge in [0.2, 0.25) is 5.95 Å². The van der Waals surface area contributed by atoms with E-state index < -0.39 is 0 Å². The molecule has 5 nitrogen and oxygen atoms in total. The van der Waals surface area contributed by atoms with E-state index in [1.165, 1.54) is 11.8 Å². The number of hydrogen-bond donors (Lipinski definition) is 1. The third-order valence-electron chi connectivity index (χ3n) is 2.03. The highest BCUT2D eigenvalue weighted by Gasteiger charge is 2.06. The van der Waals surface area contributed by atoms with Gasteiger partial charge in [-0.05, 0) is 24.8 Å². The SMILES string of the molecule is CNc1nc(C)cc(Sc2nccn2C)n1. The molecular weight excluding hydrogens is 222 g/mol. The number of imidazole rings is 1. The second-order valence-corrected chi connectivity index (χ2v) is 4.33. The van der Waals surface area contributed by atoms with Crippen molar-refractivity contribution in [2.45, 2.75) is 17.1 Å². The van der Waals surface area contributed by atoms with Gasteiger partial charge >= 0.3 is 0 Å². The van der Waals surface area contributed by atoms with Crippen LogP contribution in [0.3, 0.4) is 0 Å². The minimum Gasteiger partial charge on any atom is -0.357 e. The number of nitrogens with zero attached hydrogens (tertiary/aromatic N) is 4. The number of hydrogen-bond acceptors (Lipinski definition) is 5. The van der Waals surface area contributed by atoms with Crippen LogP contribution in [0.5, 0.6) is 0 Å². The summed E-state index contributed by atoms with van der Waals surface area (Å²) in [7, 11) is 3.77. The first-order valence-electron chi connectivity index (χ1n) is 4.87. The summed E-state index contributed by atoms with van der Waals surface area (Å²) in [5.41, 5.74) is 0.941. The van der Waals surface area contributed by atoms with Crippen molar-refractivity contribution in [2.24, 2.45) is 7.05 Å². The summed E-state index contributed by atoms with van der Waals surface area (Å²) >= 11 is 1.53. The topological polar surface area (TPSA) is 55.6 Å². The zero-order valence-corrected chi connectivity index (χ0v) is 10.2. The fourth-order valence-corrected chi connectivity index (χ4v) is 2.11. The predicted octanol–water partition coefficient (Wildman–Crippen LogP) is 1.71. The zero-order chi connectivity index (χ0) is 11.5. The van der Waals surface area contributed by atoms with Crippen LogP contribution in [0.4, 0.5) is 5.95 Å². The largest absolute Gasteiger partial charge is 0.357 e. The molecule has 0 saturated heterocycles. The monoisotopic (exact) mass is 235 g/mol. The minimum absolute atomic E-state index is 0.636. The lowest BCUT2D eigenvalue weighted by Crippen LogP contribution is -1.99. The van der Waals surface area contributed by atoms with Crippen molar-refractivity contribution in [1.29, 1.82) is 0 Å². The van der Waals surface area contributed by atoms with E-state index >= 15 is 0 Å². The van der Waals surface area contributed by atoms with Gasteiger partial charge in [-0.15, -0.1) is 0 Å². The average Bonchev–Trinajstić information content (AvgIpc) is 2.63. The van der Waals surface area contributed by atoms with Crippen molar-refractivity contribution in [3.63, 3.8) is 0 Å². The normalized spacial score (nSPS) is 10.4. The molecule has 0 aliphatic heterocycles. The lowest BCUT2D eigenvalue weighted by atomic mass is 10.5. The molecule has 0 amide bonds. The van der Waals surface area contributed by atoms with Crippen LogP contribution in [0, 0.1) is 6.92 Å². The van der Waals surface area contributed by atoms with Gasteiger partial charge < -0.3 is 9.88 Å². The summed E-state index contributed by atoms with van der Waals surface area (Å²) in [6, 6.07) is 1.94. The first-order valence-corrected chi connectivity index (χ1v) is 5.69. The maximum absolute atomic E-state index is 4.36. The van der Waals surface area contributed by atoms with Crippen LogP contribution in [-0.4, -0.2) is 26.6 Å². The Bertz CT molecular complexity index is 494. The van der Waals surface area contributed by atoms with Crippen LogP contribution in [0.2, 0.25) is 0 Å². The van der Waals surface area contributed by atoms with Crippen molar-refractivity contribution in [3.8, 4) is 0 Å². The van der Waals surface area contributed by atoms with Gasteiger partial charge in [-0.25, -0.2) is 15.0 Å². The third kappa shape index (κ3) is 2.33. The highest BCUT2D eigenvalue weighted by atomic mass is 32.2. The van der Waals surface area contributed by atoms with Crippen molar-refractivity contribution >= 4 is 17.7 Å². The predicted molar refractivity (Wildman–Crippen MR) is 63.6 cm³/mol. The molecule has 84 valence electrons. The van der Waals surface area contributed by atoms with Gasteiger partial charge in [-0.1, -0.05) is 0 Å². The Morgan fingerprint density at radius 3 is 2.81 bits per heavy atom. The van der Waals surface area contributed by atoms with Crippen LogP contribution in [-0.2, 0) is 7.05 Å². The molecule has 0 fully saturated rings. The van der Waals surface area contributed by atoms with Crippen LogP contribution in [0.25, 0.3) is 0 Å². The highest BCUT2D eigenvalue weighted by Crippen LogP contribution is 2.24. The molecule has 0 radical (unpaired) electrons. The quantitative estimate of drug-likeness (QED) is 0.821. The van der Waals surface area contributed by atoms with E-state index in [0.29, 0.717) is 5.95 Å². The lowest BCUT2D eigenvalue weighted by molar-refractivity contribution is 0.788. The molecule has 2 heterocycles. The number of rotatable bonds is 3. The molecule has 2 rings (SSSR count). The maximum Gasteiger partial charge on any atom is 0.223 e. The Morgan fingerprint density at radius 1 is 1.38 bits per heavy atom. The summed E-state index contributed by atoms with van der Waals surface area (Å²) in [6.07, 6.45) is 3.69. The maximum atomic E-state index is 4.36. The molecule has 0 bridgehead atoms. The van der Waals surface area contributed by atoms with E-state index in [0.717, 1.165) is 15.9 Å². The van der Waals surface area contributed by atoms with Gasteiger partial charge in [0.1, 0.15) is 5.03 Å².